The molecule has 7 nitrogen and oxygen atoms in total. The van der Waals surface area contributed by atoms with Crippen molar-refractivity contribution in [3.63, 3.8) is 0 Å². The fourth-order valence-electron chi connectivity index (χ4n) is 9.55. The smallest absolute Gasteiger partial charge is 0.238 e. The molecule has 13 rings (SSSR count). The number of hydrogen-bond donors (Lipinski definition) is 0. The second-order valence-electron chi connectivity index (χ2n) is 16.9. The maximum absolute atomic E-state index is 5.32. The zero-order valence-corrected chi connectivity index (χ0v) is 36.6. The van der Waals surface area contributed by atoms with Gasteiger partial charge >= 0.3 is 0 Å². The third-order valence-corrected chi connectivity index (χ3v) is 12.8. The van der Waals surface area contributed by atoms with E-state index in [4.69, 9.17) is 24.9 Å². The predicted molar refractivity (Wildman–Crippen MR) is 277 cm³/mol. The average Bonchev–Trinajstić information content (AvgIpc) is 3.93. The molecule has 0 spiro atoms. The van der Waals surface area contributed by atoms with E-state index in [1.807, 2.05) is 60.7 Å². The Morgan fingerprint density at radius 3 is 1.28 bits per heavy atom. The van der Waals surface area contributed by atoms with E-state index < -0.39 is 0 Å². The lowest BCUT2D eigenvalue weighted by atomic mass is 10.0. The highest BCUT2D eigenvalue weighted by molar-refractivity contribution is 6.19. The summed E-state index contributed by atoms with van der Waals surface area (Å²) in [5, 5.41) is 4.56. The Morgan fingerprint density at radius 1 is 0.235 bits per heavy atom. The third kappa shape index (κ3) is 6.80. The van der Waals surface area contributed by atoms with Crippen molar-refractivity contribution in [1.82, 2.24) is 34.1 Å². The Labute approximate surface area is 392 Å². The van der Waals surface area contributed by atoms with E-state index in [1.54, 1.807) is 0 Å². The van der Waals surface area contributed by atoms with Crippen LogP contribution in [0, 0.1) is 0 Å². The molecule has 0 bridgehead atoms. The van der Waals surface area contributed by atoms with E-state index in [1.165, 1.54) is 5.39 Å². The first kappa shape index (κ1) is 39.1. The normalized spacial score (nSPS) is 11.5. The quantitative estimate of drug-likeness (QED) is 0.152. The molecule has 4 aromatic heterocycles. The second kappa shape index (κ2) is 16.3. The molecule has 0 aliphatic heterocycles. The molecule has 0 saturated carbocycles. The summed E-state index contributed by atoms with van der Waals surface area (Å²) in [6, 6.07) is 82.1. The van der Waals surface area contributed by atoms with Crippen molar-refractivity contribution in [1.29, 1.82) is 0 Å². The van der Waals surface area contributed by atoms with Crippen LogP contribution in [0.4, 0.5) is 0 Å². The molecule has 13 aromatic rings. The van der Waals surface area contributed by atoms with Crippen molar-refractivity contribution in [3.05, 3.63) is 237 Å². The van der Waals surface area contributed by atoms with Crippen molar-refractivity contribution in [2.45, 2.75) is 0 Å². The van der Waals surface area contributed by atoms with Crippen LogP contribution < -0.4 is 0 Å². The zero-order chi connectivity index (χ0) is 45.0. The molecule has 318 valence electrons. The maximum atomic E-state index is 5.32. The summed E-state index contributed by atoms with van der Waals surface area (Å²) in [6.45, 7) is 0. The molecule has 4 heterocycles. The molecule has 7 heteroatoms. The van der Waals surface area contributed by atoms with Gasteiger partial charge in [-0.1, -0.05) is 176 Å². The summed E-state index contributed by atoms with van der Waals surface area (Å²) in [5.74, 6) is 2.42. The summed E-state index contributed by atoms with van der Waals surface area (Å²) in [5.41, 5.74) is 14.0. The summed E-state index contributed by atoms with van der Waals surface area (Å²) in [6.07, 6.45) is 0. The number of para-hydroxylation sites is 2. The number of benzene rings is 9. The standard InChI is InChI=1S/C61H39N7/c1-5-18-40(19-6-1)45-26-17-27-46(36-45)60-64-59(43-24-11-4-12-25-43)65-61(66-60)68-55-31-16-14-29-49(55)51-37-50-48-28-13-15-30-54(48)67(56(50)39-57(51)68)47-34-32-44(33-35-47)58-62-52(41-20-7-2-8-21-41)38-53(63-58)42-22-9-3-10-23-42/h1-39H. The highest BCUT2D eigenvalue weighted by Crippen LogP contribution is 2.40. The molecule has 0 fully saturated rings. The highest BCUT2D eigenvalue weighted by Gasteiger charge is 2.22. The Hall–Kier alpha value is -9.33. The lowest BCUT2D eigenvalue weighted by Crippen LogP contribution is -2.06. The van der Waals surface area contributed by atoms with Crippen LogP contribution in [0.25, 0.3) is 123 Å². The van der Waals surface area contributed by atoms with Crippen molar-refractivity contribution >= 4 is 43.6 Å². The first-order chi connectivity index (χ1) is 33.7. The van der Waals surface area contributed by atoms with Crippen molar-refractivity contribution in [2.75, 3.05) is 0 Å². The number of nitrogens with zero attached hydrogens (tertiary/aromatic N) is 7. The first-order valence-corrected chi connectivity index (χ1v) is 22.7. The van der Waals surface area contributed by atoms with Gasteiger partial charge in [0.2, 0.25) is 5.95 Å². The van der Waals surface area contributed by atoms with E-state index >= 15 is 0 Å². The molecular weight excluding hydrogens is 831 g/mol. The minimum atomic E-state index is 0.545. The molecule has 0 amide bonds. The molecule has 0 radical (unpaired) electrons. The van der Waals surface area contributed by atoms with E-state index in [9.17, 15) is 0 Å². The Balaban J connectivity index is 0.998. The largest absolute Gasteiger partial charge is 0.309 e. The lowest BCUT2D eigenvalue weighted by molar-refractivity contribution is 0.953. The fraction of sp³-hybridized carbons (Fsp3) is 0. The Morgan fingerprint density at radius 2 is 0.676 bits per heavy atom. The van der Waals surface area contributed by atoms with Gasteiger partial charge in [0.05, 0.1) is 33.5 Å². The highest BCUT2D eigenvalue weighted by atomic mass is 15.2. The monoisotopic (exact) mass is 869 g/mol. The summed E-state index contributed by atoms with van der Waals surface area (Å²) in [7, 11) is 0. The minimum Gasteiger partial charge on any atom is -0.309 e. The van der Waals surface area contributed by atoms with Crippen molar-refractivity contribution in [2.24, 2.45) is 0 Å². The first-order valence-electron chi connectivity index (χ1n) is 22.7. The molecule has 0 N–H and O–H groups in total. The zero-order valence-electron chi connectivity index (χ0n) is 36.6. The van der Waals surface area contributed by atoms with Gasteiger partial charge < -0.3 is 4.57 Å². The third-order valence-electron chi connectivity index (χ3n) is 12.8. The van der Waals surface area contributed by atoms with E-state index in [0.29, 0.717) is 23.4 Å². The van der Waals surface area contributed by atoms with Crippen LogP contribution in [0.5, 0.6) is 0 Å². The van der Waals surface area contributed by atoms with Gasteiger partial charge in [-0.2, -0.15) is 9.97 Å². The van der Waals surface area contributed by atoms with Crippen LogP contribution in [0.1, 0.15) is 0 Å². The van der Waals surface area contributed by atoms with Crippen molar-refractivity contribution in [3.8, 4) is 79.4 Å². The van der Waals surface area contributed by atoms with Gasteiger partial charge in [0.1, 0.15) is 0 Å². The number of fused-ring (bicyclic) bond motifs is 6. The molecular formula is C61H39N7. The number of hydrogen-bond acceptors (Lipinski definition) is 5. The Bertz CT molecular complexity index is 3940. The van der Waals surface area contributed by atoms with Gasteiger partial charge in [-0.3, -0.25) is 4.57 Å². The van der Waals surface area contributed by atoms with Crippen LogP contribution in [0.3, 0.4) is 0 Å². The fourth-order valence-corrected chi connectivity index (χ4v) is 9.55. The maximum Gasteiger partial charge on any atom is 0.238 e. The van der Waals surface area contributed by atoms with Gasteiger partial charge in [0.15, 0.2) is 17.5 Å². The predicted octanol–water partition coefficient (Wildman–Crippen LogP) is 14.9. The van der Waals surface area contributed by atoms with E-state index in [-0.39, 0.29) is 0 Å². The van der Waals surface area contributed by atoms with Crippen LogP contribution in [0.2, 0.25) is 0 Å². The summed E-state index contributed by atoms with van der Waals surface area (Å²) < 4.78 is 4.56. The van der Waals surface area contributed by atoms with Gasteiger partial charge in [0.25, 0.3) is 0 Å². The van der Waals surface area contributed by atoms with Crippen LogP contribution in [-0.4, -0.2) is 34.1 Å². The van der Waals surface area contributed by atoms with Gasteiger partial charge in [0, 0.05) is 55.0 Å². The molecule has 9 aromatic carbocycles. The molecule has 0 aliphatic rings. The summed E-state index contributed by atoms with van der Waals surface area (Å²) in [4.78, 5) is 26.0. The van der Waals surface area contributed by atoms with Gasteiger partial charge in [-0.05, 0) is 71.8 Å². The van der Waals surface area contributed by atoms with Crippen LogP contribution in [-0.2, 0) is 0 Å². The van der Waals surface area contributed by atoms with E-state index in [0.717, 1.165) is 94.2 Å². The van der Waals surface area contributed by atoms with Gasteiger partial charge in [-0.25, -0.2) is 15.0 Å². The molecule has 0 aliphatic carbocycles. The molecule has 68 heavy (non-hydrogen) atoms. The van der Waals surface area contributed by atoms with E-state index in [2.05, 4.69) is 185 Å². The van der Waals surface area contributed by atoms with Crippen LogP contribution >= 0.6 is 0 Å². The average molecular weight is 870 g/mol. The lowest BCUT2D eigenvalue weighted by Gasteiger charge is -2.12. The molecule has 0 atom stereocenters. The van der Waals surface area contributed by atoms with Crippen molar-refractivity contribution < 1.29 is 0 Å². The van der Waals surface area contributed by atoms with Gasteiger partial charge in [-0.15, -0.1) is 0 Å². The molecule has 0 saturated heterocycles. The second-order valence-corrected chi connectivity index (χ2v) is 16.9. The van der Waals surface area contributed by atoms with Crippen LogP contribution in [0.15, 0.2) is 237 Å². The number of aromatic nitrogens is 7. The topological polar surface area (TPSA) is 74.3 Å². The molecule has 0 unspecified atom stereocenters. The summed E-state index contributed by atoms with van der Waals surface area (Å²) >= 11 is 0. The Kier molecular flexibility index (Phi) is 9.35. The minimum absolute atomic E-state index is 0.545. The SMILES string of the molecule is c1ccc(-c2cccc(-c3nc(-c4ccccc4)nc(-n4c5ccccc5c5cc6c7ccccc7n(-c7ccc(-c8nc(-c9ccccc9)cc(-c9ccccc9)n8)cc7)c6cc54)n3)c2)cc1. The number of rotatable bonds is 8.